The molecular formula is C28H31N3O4S. The van der Waals surface area contributed by atoms with E-state index in [0.29, 0.717) is 35.6 Å². The van der Waals surface area contributed by atoms with Gasteiger partial charge in [-0.25, -0.2) is 8.42 Å². The van der Waals surface area contributed by atoms with Gasteiger partial charge in [-0.2, -0.15) is 0 Å². The maximum atomic E-state index is 13.2. The number of nitrogens with one attached hydrogen (secondary N) is 2. The Kier molecular flexibility index (Phi) is 7.45. The van der Waals surface area contributed by atoms with Crippen LogP contribution in [0.3, 0.4) is 0 Å². The SMILES string of the molecule is Cc1ccc(NS(=O)(=O)c2cc(C(=O)Nc3ccccc3C(=O)N3CCCCC3)ccc2C)c(C)c1. The largest absolute Gasteiger partial charge is 0.339 e. The number of carbonyl (C=O) groups excluding carboxylic acids is 2. The van der Waals surface area contributed by atoms with E-state index in [-0.39, 0.29) is 16.4 Å². The smallest absolute Gasteiger partial charge is 0.262 e. The predicted molar refractivity (Wildman–Crippen MR) is 142 cm³/mol. The summed E-state index contributed by atoms with van der Waals surface area (Å²) in [5, 5.41) is 2.81. The highest BCUT2D eigenvalue weighted by atomic mass is 32.2. The highest BCUT2D eigenvalue weighted by molar-refractivity contribution is 7.92. The molecule has 0 aliphatic carbocycles. The molecule has 188 valence electrons. The van der Waals surface area contributed by atoms with E-state index in [2.05, 4.69) is 10.0 Å². The fourth-order valence-corrected chi connectivity index (χ4v) is 5.80. The molecule has 1 aliphatic rings. The lowest BCUT2D eigenvalue weighted by Gasteiger charge is -2.27. The molecule has 0 saturated carbocycles. The molecule has 0 bridgehead atoms. The van der Waals surface area contributed by atoms with E-state index < -0.39 is 15.9 Å². The third-order valence-corrected chi connectivity index (χ3v) is 7.92. The van der Waals surface area contributed by atoms with Gasteiger partial charge < -0.3 is 10.2 Å². The van der Waals surface area contributed by atoms with Crippen LogP contribution < -0.4 is 10.0 Å². The summed E-state index contributed by atoms with van der Waals surface area (Å²) in [6.45, 7) is 6.87. The van der Waals surface area contributed by atoms with Gasteiger partial charge in [0, 0.05) is 18.7 Å². The second kappa shape index (κ2) is 10.5. The van der Waals surface area contributed by atoms with Crippen molar-refractivity contribution in [2.24, 2.45) is 0 Å². The number of benzene rings is 3. The third-order valence-electron chi connectivity index (χ3n) is 6.42. The van der Waals surface area contributed by atoms with Gasteiger partial charge >= 0.3 is 0 Å². The lowest BCUT2D eigenvalue weighted by molar-refractivity contribution is 0.0725. The number of hydrogen-bond acceptors (Lipinski definition) is 4. The van der Waals surface area contributed by atoms with Crippen molar-refractivity contribution in [2.45, 2.75) is 44.9 Å². The van der Waals surface area contributed by atoms with E-state index in [0.717, 1.165) is 30.4 Å². The van der Waals surface area contributed by atoms with Crippen LogP contribution in [0.2, 0.25) is 0 Å². The van der Waals surface area contributed by atoms with E-state index >= 15 is 0 Å². The summed E-state index contributed by atoms with van der Waals surface area (Å²) in [7, 11) is -3.94. The Morgan fingerprint density at radius 2 is 1.53 bits per heavy atom. The van der Waals surface area contributed by atoms with Crippen molar-refractivity contribution in [1.29, 1.82) is 0 Å². The molecule has 36 heavy (non-hydrogen) atoms. The van der Waals surface area contributed by atoms with Crippen LogP contribution in [0.15, 0.2) is 65.6 Å². The molecule has 0 spiro atoms. The minimum Gasteiger partial charge on any atom is -0.339 e. The van der Waals surface area contributed by atoms with Crippen LogP contribution in [0.5, 0.6) is 0 Å². The first-order chi connectivity index (χ1) is 17.2. The number of rotatable bonds is 6. The summed E-state index contributed by atoms with van der Waals surface area (Å²) in [4.78, 5) is 28.1. The number of carbonyl (C=O) groups is 2. The molecule has 0 aromatic heterocycles. The molecule has 3 aromatic carbocycles. The Bertz CT molecular complexity index is 1410. The maximum absolute atomic E-state index is 13.2. The number of aryl methyl sites for hydroxylation is 3. The third kappa shape index (κ3) is 5.60. The Hall–Kier alpha value is -3.65. The summed E-state index contributed by atoms with van der Waals surface area (Å²) in [6, 6.07) is 16.9. The molecule has 1 aliphatic heterocycles. The van der Waals surface area contributed by atoms with Crippen LogP contribution >= 0.6 is 0 Å². The average Bonchev–Trinajstić information content (AvgIpc) is 2.86. The molecule has 4 rings (SSSR count). The highest BCUT2D eigenvalue weighted by Crippen LogP contribution is 2.25. The normalized spacial score (nSPS) is 13.8. The summed E-state index contributed by atoms with van der Waals surface area (Å²) >= 11 is 0. The lowest BCUT2D eigenvalue weighted by Crippen LogP contribution is -2.36. The second-order valence-electron chi connectivity index (χ2n) is 9.26. The van der Waals surface area contributed by atoms with Crippen LogP contribution in [0.1, 0.15) is 56.7 Å². The van der Waals surface area contributed by atoms with Gasteiger partial charge in [0.2, 0.25) is 0 Å². The Morgan fingerprint density at radius 3 is 2.25 bits per heavy atom. The van der Waals surface area contributed by atoms with Crippen molar-refractivity contribution in [3.63, 3.8) is 0 Å². The van der Waals surface area contributed by atoms with Crippen molar-refractivity contribution in [3.8, 4) is 0 Å². The first-order valence-corrected chi connectivity index (χ1v) is 13.5. The summed E-state index contributed by atoms with van der Waals surface area (Å²) in [6.07, 6.45) is 3.05. The number of nitrogens with zero attached hydrogens (tertiary/aromatic N) is 1. The predicted octanol–water partition coefficient (Wildman–Crippen LogP) is 5.29. The molecule has 0 unspecified atom stereocenters. The standard InChI is InChI=1S/C28H31N3O4S/c1-19-11-14-24(21(3)17-19)30-36(34,35)26-18-22(13-12-20(26)2)27(32)29-25-10-6-5-9-23(25)28(33)31-15-7-4-8-16-31/h5-6,9-14,17-18,30H,4,7-8,15-16H2,1-3H3,(H,29,32). The van der Waals surface area contributed by atoms with Gasteiger partial charge in [-0.15, -0.1) is 0 Å². The molecule has 2 N–H and O–H groups in total. The quantitative estimate of drug-likeness (QED) is 0.476. The van der Waals surface area contributed by atoms with Crippen molar-refractivity contribution >= 4 is 33.2 Å². The molecular weight excluding hydrogens is 474 g/mol. The van der Waals surface area contributed by atoms with E-state index in [1.807, 2.05) is 30.9 Å². The number of sulfonamides is 1. The van der Waals surface area contributed by atoms with Gasteiger partial charge in [0.1, 0.15) is 0 Å². The average molecular weight is 506 g/mol. The van der Waals surface area contributed by atoms with Crippen molar-refractivity contribution in [1.82, 2.24) is 4.90 Å². The zero-order chi connectivity index (χ0) is 25.9. The topological polar surface area (TPSA) is 95.6 Å². The summed E-state index contributed by atoms with van der Waals surface area (Å²) < 4.78 is 29.1. The zero-order valence-corrected chi connectivity index (χ0v) is 21.6. The van der Waals surface area contributed by atoms with Gasteiger partial charge in [0.15, 0.2) is 0 Å². The zero-order valence-electron chi connectivity index (χ0n) is 20.8. The molecule has 1 saturated heterocycles. The number of anilines is 2. The Labute approximate surface area is 212 Å². The molecule has 7 nitrogen and oxygen atoms in total. The Morgan fingerprint density at radius 1 is 0.806 bits per heavy atom. The van der Waals surface area contributed by atoms with E-state index in [4.69, 9.17) is 0 Å². The monoisotopic (exact) mass is 505 g/mol. The summed E-state index contributed by atoms with van der Waals surface area (Å²) in [5.41, 5.74) is 3.84. The van der Waals surface area contributed by atoms with Crippen molar-refractivity contribution in [3.05, 3.63) is 88.5 Å². The first kappa shape index (κ1) is 25.4. The molecule has 0 atom stereocenters. The van der Waals surface area contributed by atoms with Crippen LogP contribution in [-0.4, -0.2) is 38.2 Å². The van der Waals surface area contributed by atoms with Gasteiger partial charge in [-0.1, -0.05) is 35.9 Å². The second-order valence-corrected chi connectivity index (χ2v) is 10.9. The lowest BCUT2D eigenvalue weighted by atomic mass is 10.1. The van der Waals surface area contributed by atoms with Crippen LogP contribution in [0, 0.1) is 20.8 Å². The summed E-state index contributed by atoms with van der Waals surface area (Å²) in [5.74, 6) is -0.604. The number of hydrogen-bond donors (Lipinski definition) is 2. The van der Waals surface area contributed by atoms with Gasteiger partial charge in [-0.05, 0) is 81.5 Å². The molecule has 2 amide bonds. The van der Waals surface area contributed by atoms with Gasteiger partial charge in [0.25, 0.3) is 21.8 Å². The van der Waals surface area contributed by atoms with E-state index in [9.17, 15) is 18.0 Å². The fraction of sp³-hybridized carbons (Fsp3) is 0.286. The number of amides is 2. The highest BCUT2D eigenvalue weighted by Gasteiger charge is 2.23. The minimum absolute atomic E-state index is 0.0211. The first-order valence-electron chi connectivity index (χ1n) is 12.1. The Balaban J connectivity index is 1.58. The van der Waals surface area contributed by atoms with E-state index in [1.165, 1.54) is 6.07 Å². The molecule has 1 heterocycles. The molecule has 1 fully saturated rings. The minimum atomic E-state index is -3.94. The molecule has 3 aromatic rings. The number of piperidine rings is 1. The van der Waals surface area contributed by atoms with Crippen molar-refractivity contribution < 1.29 is 18.0 Å². The molecule has 8 heteroatoms. The van der Waals surface area contributed by atoms with Crippen molar-refractivity contribution in [2.75, 3.05) is 23.1 Å². The molecule has 0 radical (unpaired) electrons. The van der Waals surface area contributed by atoms with Gasteiger partial charge in [-0.3, -0.25) is 14.3 Å². The van der Waals surface area contributed by atoms with E-state index in [1.54, 1.807) is 49.4 Å². The fourth-order valence-electron chi connectivity index (χ4n) is 4.40. The number of likely N-dealkylation sites (tertiary alicyclic amines) is 1. The van der Waals surface area contributed by atoms with Crippen LogP contribution in [-0.2, 0) is 10.0 Å². The van der Waals surface area contributed by atoms with Crippen LogP contribution in [0.25, 0.3) is 0 Å². The van der Waals surface area contributed by atoms with Crippen LogP contribution in [0.4, 0.5) is 11.4 Å². The van der Waals surface area contributed by atoms with Gasteiger partial charge in [0.05, 0.1) is 21.8 Å². The maximum Gasteiger partial charge on any atom is 0.262 e. The number of para-hydroxylation sites is 1.